The number of aryl methyl sites for hydroxylation is 1. The van der Waals surface area contributed by atoms with Crippen LogP contribution in [0, 0.1) is 5.92 Å². The third-order valence-corrected chi connectivity index (χ3v) is 5.40. The van der Waals surface area contributed by atoms with Crippen LogP contribution in [0.4, 0.5) is 0 Å². The maximum absolute atomic E-state index is 10.9. The van der Waals surface area contributed by atoms with Gasteiger partial charge in [-0.05, 0) is 30.0 Å². The van der Waals surface area contributed by atoms with Crippen molar-refractivity contribution in [3.8, 4) is 0 Å². The largest absolute Gasteiger partial charge is 0.387 e. The summed E-state index contributed by atoms with van der Waals surface area (Å²) in [5.41, 5.74) is 1.24. The number of hydrogen-bond acceptors (Lipinski definition) is 2. The van der Waals surface area contributed by atoms with Crippen molar-refractivity contribution in [2.45, 2.75) is 45.6 Å². The fourth-order valence-electron chi connectivity index (χ4n) is 2.67. The zero-order valence-corrected chi connectivity index (χ0v) is 13.4. The van der Waals surface area contributed by atoms with Crippen LogP contribution in [0.15, 0.2) is 42.5 Å². The molecule has 0 aliphatic rings. The predicted octanol–water partition coefficient (Wildman–Crippen LogP) is 5.17. The summed E-state index contributed by atoms with van der Waals surface area (Å²) in [5.74, 6) is 0.629. The molecule has 1 aromatic heterocycles. The summed E-state index contributed by atoms with van der Waals surface area (Å²) in [5, 5.41) is 10.9. The predicted molar refractivity (Wildman–Crippen MR) is 87.3 cm³/mol. The SMILES string of the molecule is CCc1ccc(C(O)C(c2ccccc2)C(C)CC)s1. The van der Waals surface area contributed by atoms with E-state index in [0.29, 0.717) is 5.92 Å². The standard InChI is InChI=1S/C18H24OS/c1-4-13(3)17(14-9-7-6-8-10-14)18(19)16-12-11-15(5-2)20-16/h6-13,17-19H,4-5H2,1-3H3. The third kappa shape index (κ3) is 3.31. The molecule has 0 fully saturated rings. The summed E-state index contributed by atoms with van der Waals surface area (Å²) < 4.78 is 0. The van der Waals surface area contributed by atoms with Gasteiger partial charge in [0.05, 0.1) is 6.10 Å². The Morgan fingerprint density at radius 2 is 1.75 bits per heavy atom. The first kappa shape index (κ1) is 15.3. The van der Waals surface area contributed by atoms with E-state index in [4.69, 9.17) is 0 Å². The number of benzene rings is 1. The van der Waals surface area contributed by atoms with Gasteiger partial charge in [-0.2, -0.15) is 0 Å². The van der Waals surface area contributed by atoms with Gasteiger partial charge in [0.15, 0.2) is 0 Å². The van der Waals surface area contributed by atoms with Crippen LogP contribution in [0.5, 0.6) is 0 Å². The van der Waals surface area contributed by atoms with Crippen LogP contribution in [0.2, 0.25) is 0 Å². The molecular weight excluding hydrogens is 264 g/mol. The Hall–Kier alpha value is -1.12. The van der Waals surface area contributed by atoms with Gasteiger partial charge in [0.1, 0.15) is 0 Å². The van der Waals surface area contributed by atoms with Crippen molar-refractivity contribution in [1.29, 1.82) is 0 Å². The molecule has 0 saturated heterocycles. The van der Waals surface area contributed by atoms with Crippen LogP contribution in [-0.2, 0) is 6.42 Å². The first-order valence-electron chi connectivity index (χ1n) is 7.49. The summed E-state index contributed by atoms with van der Waals surface area (Å²) in [4.78, 5) is 2.44. The van der Waals surface area contributed by atoms with E-state index < -0.39 is 6.10 Å². The van der Waals surface area contributed by atoms with Crippen LogP contribution in [0.3, 0.4) is 0 Å². The summed E-state index contributed by atoms with van der Waals surface area (Å²) in [6.45, 7) is 6.58. The van der Waals surface area contributed by atoms with E-state index in [9.17, 15) is 5.11 Å². The molecule has 0 amide bonds. The van der Waals surface area contributed by atoms with Gasteiger partial charge in [-0.3, -0.25) is 0 Å². The number of aliphatic hydroxyl groups is 1. The smallest absolute Gasteiger partial charge is 0.0952 e. The van der Waals surface area contributed by atoms with Crippen molar-refractivity contribution < 1.29 is 5.11 Å². The van der Waals surface area contributed by atoms with Gasteiger partial charge in [-0.1, -0.05) is 57.5 Å². The highest BCUT2D eigenvalue weighted by Gasteiger charge is 2.28. The first-order valence-corrected chi connectivity index (χ1v) is 8.30. The summed E-state index contributed by atoms with van der Waals surface area (Å²) in [6, 6.07) is 14.6. The summed E-state index contributed by atoms with van der Waals surface area (Å²) >= 11 is 1.74. The molecule has 3 unspecified atom stereocenters. The van der Waals surface area contributed by atoms with Crippen LogP contribution in [-0.4, -0.2) is 5.11 Å². The number of hydrogen-bond donors (Lipinski definition) is 1. The molecule has 108 valence electrons. The van der Waals surface area contributed by atoms with Crippen molar-refractivity contribution in [1.82, 2.24) is 0 Å². The summed E-state index contributed by atoms with van der Waals surface area (Å²) in [6.07, 6.45) is 1.71. The first-order chi connectivity index (χ1) is 9.67. The Morgan fingerprint density at radius 1 is 1.05 bits per heavy atom. The van der Waals surface area contributed by atoms with Gasteiger partial charge in [0, 0.05) is 15.7 Å². The molecular formula is C18H24OS. The van der Waals surface area contributed by atoms with E-state index in [1.54, 1.807) is 11.3 Å². The van der Waals surface area contributed by atoms with Gasteiger partial charge in [-0.15, -0.1) is 11.3 Å². The van der Waals surface area contributed by atoms with E-state index in [-0.39, 0.29) is 5.92 Å². The topological polar surface area (TPSA) is 20.2 Å². The van der Waals surface area contributed by atoms with Crippen molar-refractivity contribution >= 4 is 11.3 Å². The van der Waals surface area contributed by atoms with E-state index in [1.165, 1.54) is 10.4 Å². The molecule has 0 bridgehead atoms. The molecule has 1 heterocycles. The number of rotatable bonds is 6. The number of aliphatic hydroxyl groups excluding tert-OH is 1. The Kier molecular flexibility index (Phi) is 5.38. The van der Waals surface area contributed by atoms with Gasteiger partial charge in [-0.25, -0.2) is 0 Å². The molecule has 1 nitrogen and oxygen atoms in total. The third-order valence-electron chi connectivity index (χ3n) is 4.10. The molecule has 0 saturated carbocycles. The Balaban J connectivity index is 2.31. The zero-order valence-electron chi connectivity index (χ0n) is 12.5. The molecule has 0 aliphatic heterocycles. The molecule has 1 N–H and O–H groups in total. The van der Waals surface area contributed by atoms with Crippen molar-refractivity contribution in [2.24, 2.45) is 5.92 Å². The van der Waals surface area contributed by atoms with Crippen LogP contribution >= 0.6 is 11.3 Å². The molecule has 1 aromatic carbocycles. The average Bonchev–Trinajstić information content (AvgIpc) is 2.97. The van der Waals surface area contributed by atoms with Crippen LogP contribution in [0.25, 0.3) is 0 Å². The van der Waals surface area contributed by atoms with E-state index in [2.05, 4.69) is 57.2 Å². The monoisotopic (exact) mass is 288 g/mol. The fraction of sp³-hybridized carbons (Fsp3) is 0.444. The summed E-state index contributed by atoms with van der Waals surface area (Å²) in [7, 11) is 0. The average molecular weight is 288 g/mol. The maximum atomic E-state index is 10.9. The molecule has 20 heavy (non-hydrogen) atoms. The highest BCUT2D eigenvalue weighted by molar-refractivity contribution is 7.12. The highest BCUT2D eigenvalue weighted by atomic mass is 32.1. The second-order valence-corrected chi connectivity index (χ2v) is 6.62. The second-order valence-electron chi connectivity index (χ2n) is 5.42. The van der Waals surface area contributed by atoms with Crippen LogP contribution < -0.4 is 0 Å². The highest BCUT2D eigenvalue weighted by Crippen LogP contribution is 2.40. The van der Waals surface area contributed by atoms with Gasteiger partial charge in [0.25, 0.3) is 0 Å². The van der Waals surface area contributed by atoms with Gasteiger partial charge >= 0.3 is 0 Å². The quantitative estimate of drug-likeness (QED) is 0.777. The Morgan fingerprint density at radius 3 is 2.30 bits per heavy atom. The van der Waals surface area contributed by atoms with Crippen molar-refractivity contribution in [3.63, 3.8) is 0 Å². The molecule has 0 radical (unpaired) electrons. The van der Waals surface area contributed by atoms with E-state index >= 15 is 0 Å². The molecule has 2 aromatic rings. The molecule has 2 rings (SSSR count). The molecule has 3 atom stereocenters. The maximum Gasteiger partial charge on any atom is 0.0952 e. The van der Waals surface area contributed by atoms with E-state index in [0.717, 1.165) is 17.7 Å². The van der Waals surface area contributed by atoms with Gasteiger partial charge < -0.3 is 5.11 Å². The second kappa shape index (κ2) is 7.05. The molecule has 0 spiro atoms. The normalized spacial score (nSPS) is 15.8. The zero-order chi connectivity index (χ0) is 14.5. The Labute approximate surface area is 126 Å². The lowest BCUT2D eigenvalue weighted by molar-refractivity contribution is 0.121. The minimum atomic E-state index is -0.405. The minimum absolute atomic E-state index is 0.171. The van der Waals surface area contributed by atoms with Crippen molar-refractivity contribution in [3.05, 3.63) is 57.8 Å². The number of thiophene rings is 1. The lowest BCUT2D eigenvalue weighted by atomic mass is 9.81. The lowest BCUT2D eigenvalue weighted by Crippen LogP contribution is -2.17. The van der Waals surface area contributed by atoms with E-state index in [1.807, 2.05) is 6.07 Å². The van der Waals surface area contributed by atoms with Gasteiger partial charge in [0.2, 0.25) is 0 Å². The minimum Gasteiger partial charge on any atom is -0.387 e. The van der Waals surface area contributed by atoms with Crippen LogP contribution in [0.1, 0.15) is 54.5 Å². The fourth-order valence-corrected chi connectivity index (χ4v) is 3.66. The lowest BCUT2D eigenvalue weighted by Gasteiger charge is -2.28. The van der Waals surface area contributed by atoms with Crippen molar-refractivity contribution in [2.75, 3.05) is 0 Å². The molecule has 2 heteroatoms. The molecule has 0 aliphatic carbocycles. The Bertz CT molecular complexity index is 517.